The van der Waals surface area contributed by atoms with Crippen LogP contribution in [0, 0.1) is 6.92 Å². The molecule has 0 fully saturated rings. The summed E-state index contributed by atoms with van der Waals surface area (Å²) in [5.74, 6) is 1.09. The Labute approximate surface area is 139 Å². The normalized spacial score (nSPS) is 10.3. The Kier molecular flexibility index (Phi) is 10.6. The third kappa shape index (κ3) is 7.74. The fourth-order valence-electron chi connectivity index (χ4n) is 1.87. The number of nitrogens with one attached hydrogen (secondary N) is 2. The average molecular weight is 331 g/mol. The Balaban J connectivity index is 0.00000400. The molecule has 21 heavy (non-hydrogen) atoms. The molecule has 0 unspecified atom stereocenters. The summed E-state index contributed by atoms with van der Waals surface area (Å²) in [5.41, 5.74) is 3.43. The molecule has 0 radical (unpaired) electrons. The lowest BCUT2D eigenvalue weighted by Crippen LogP contribution is -2.16. The minimum Gasteiger partial charge on any atom is -0.326 e. The molecule has 0 heterocycles. The molecule has 2 N–H and O–H groups in total. The van der Waals surface area contributed by atoms with Crippen molar-refractivity contribution in [2.75, 3.05) is 18.9 Å². The summed E-state index contributed by atoms with van der Waals surface area (Å²) in [6.45, 7) is 7.36. The van der Waals surface area contributed by atoms with E-state index in [9.17, 15) is 4.79 Å². The molecule has 0 aliphatic rings. The summed E-state index contributed by atoms with van der Waals surface area (Å²) in [4.78, 5) is 11.9. The second-order valence-corrected chi connectivity index (χ2v) is 6.77. The highest BCUT2D eigenvalue weighted by atomic mass is 35.5. The van der Waals surface area contributed by atoms with Crippen molar-refractivity contribution in [3.05, 3.63) is 29.3 Å². The van der Waals surface area contributed by atoms with Crippen molar-refractivity contribution in [3.8, 4) is 0 Å². The molecular weight excluding hydrogens is 304 g/mol. The smallest absolute Gasteiger partial charge is 0.224 e. The van der Waals surface area contributed by atoms with Gasteiger partial charge in [0, 0.05) is 17.9 Å². The molecule has 0 aliphatic carbocycles. The lowest BCUT2D eigenvalue weighted by molar-refractivity contribution is -0.116. The third-order valence-electron chi connectivity index (χ3n) is 3.12. The van der Waals surface area contributed by atoms with Gasteiger partial charge in [0.2, 0.25) is 5.91 Å². The Bertz CT molecular complexity index is 438. The Morgan fingerprint density at radius 2 is 2.05 bits per heavy atom. The summed E-state index contributed by atoms with van der Waals surface area (Å²) in [6.07, 6.45) is 1.43. The van der Waals surface area contributed by atoms with Crippen LogP contribution in [-0.4, -0.2) is 24.7 Å². The standard InChI is InChI=1S/C16H26N2OS.ClH/c1-12(2)20-11-14-7-5-8-15(13(14)3)18-16(19)9-6-10-17-4;/h5,7-8,12,17H,6,9-11H2,1-4H3,(H,18,19);1H. The topological polar surface area (TPSA) is 41.1 Å². The van der Waals surface area contributed by atoms with Crippen molar-refractivity contribution in [2.24, 2.45) is 0 Å². The number of benzene rings is 1. The first-order valence-electron chi connectivity index (χ1n) is 7.19. The predicted octanol–water partition coefficient (Wildman–Crippen LogP) is 4.00. The van der Waals surface area contributed by atoms with Gasteiger partial charge in [-0.1, -0.05) is 26.0 Å². The van der Waals surface area contributed by atoms with Crippen LogP contribution < -0.4 is 10.6 Å². The molecule has 1 aromatic rings. The Hall–Kier alpha value is -0.710. The van der Waals surface area contributed by atoms with Gasteiger partial charge in [-0.25, -0.2) is 0 Å². The molecule has 0 saturated carbocycles. The lowest BCUT2D eigenvalue weighted by Gasteiger charge is -2.13. The monoisotopic (exact) mass is 330 g/mol. The van der Waals surface area contributed by atoms with Crippen LogP contribution in [0.1, 0.15) is 37.8 Å². The number of amides is 1. The molecule has 0 bridgehead atoms. The molecule has 1 rings (SSSR count). The maximum Gasteiger partial charge on any atom is 0.224 e. The average Bonchev–Trinajstić information content (AvgIpc) is 2.40. The molecule has 0 aromatic heterocycles. The van der Waals surface area contributed by atoms with Gasteiger partial charge >= 0.3 is 0 Å². The molecule has 120 valence electrons. The lowest BCUT2D eigenvalue weighted by atomic mass is 10.1. The molecular formula is C16H27ClN2OS. The molecule has 5 heteroatoms. The number of halogens is 1. The van der Waals surface area contributed by atoms with Crippen LogP contribution >= 0.6 is 24.2 Å². The quantitative estimate of drug-likeness (QED) is 0.708. The van der Waals surface area contributed by atoms with E-state index < -0.39 is 0 Å². The summed E-state index contributed by atoms with van der Waals surface area (Å²) < 4.78 is 0. The van der Waals surface area contributed by atoms with Gasteiger partial charge in [0.15, 0.2) is 0 Å². The number of rotatable bonds is 8. The van der Waals surface area contributed by atoms with Crippen molar-refractivity contribution >= 4 is 35.8 Å². The number of thioether (sulfide) groups is 1. The fraction of sp³-hybridized carbons (Fsp3) is 0.562. The number of hydrogen-bond acceptors (Lipinski definition) is 3. The zero-order valence-corrected chi connectivity index (χ0v) is 15.0. The van der Waals surface area contributed by atoms with Crippen LogP contribution in [0.5, 0.6) is 0 Å². The number of anilines is 1. The van der Waals surface area contributed by atoms with Crippen LogP contribution in [0.2, 0.25) is 0 Å². The van der Waals surface area contributed by atoms with E-state index in [0.29, 0.717) is 11.7 Å². The van der Waals surface area contributed by atoms with Crippen LogP contribution in [0.15, 0.2) is 18.2 Å². The number of hydrogen-bond donors (Lipinski definition) is 2. The van der Waals surface area contributed by atoms with Gasteiger partial charge in [-0.05, 0) is 49.4 Å². The Morgan fingerprint density at radius 1 is 1.33 bits per heavy atom. The summed E-state index contributed by atoms with van der Waals surface area (Å²) in [7, 11) is 1.90. The van der Waals surface area contributed by atoms with E-state index in [4.69, 9.17) is 0 Å². The first kappa shape index (κ1) is 20.3. The SMILES string of the molecule is CNCCCC(=O)Nc1cccc(CSC(C)C)c1C.Cl. The van der Waals surface area contributed by atoms with E-state index in [1.807, 2.05) is 30.9 Å². The molecule has 1 aromatic carbocycles. The van der Waals surface area contributed by atoms with Gasteiger partial charge in [-0.2, -0.15) is 11.8 Å². The number of carbonyl (C=O) groups excluding carboxylic acids is 1. The van der Waals surface area contributed by atoms with E-state index in [1.54, 1.807) is 0 Å². The zero-order valence-electron chi connectivity index (χ0n) is 13.4. The van der Waals surface area contributed by atoms with Crippen molar-refractivity contribution in [1.82, 2.24) is 5.32 Å². The fourth-order valence-corrected chi connectivity index (χ4v) is 2.70. The molecule has 0 atom stereocenters. The van der Waals surface area contributed by atoms with Crippen LogP contribution in [0.3, 0.4) is 0 Å². The van der Waals surface area contributed by atoms with E-state index >= 15 is 0 Å². The van der Waals surface area contributed by atoms with Gasteiger partial charge in [-0.15, -0.1) is 12.4 Å². The highest BCUT2D eigenvalue weighted by Gasteiger charge is 2.08. The van der Waals surface area contributed by atoms with E-state index in [-0.39, 0.29) is 18.3 Å². The van der Waals surface area contributed by atoms with Crippen molar-refractivity contribution in [3.63, 3.8) is 0 Å². The van der Waals surface area contributed by atoms with E-state index in [1.165, 1.54) is 11.1 Å². The maximum atomic E-state index is 11.9. The van der Waals surface area contributed by atoms with E-state index in [2.05, 4.69) is 37.5 Å². The second kappa shape index (κ2) is 10.9. The minimum absolute atomic E-state index is 0. The van der Waals surface area contributed by atoms with Crippen molar-refractivity contribution < 1.29 is 4.79 Å². The van der Waals surface area contributed by atoms with Crippen LogP contribution in [0.4, 0.5) is 5.69 Å². The first-order chi connectivity index (χ1) is 9.54. The van der Waals surface area contributed by atoms with Gasteiger partial charge < -0.3 is 10.6 Å². The van der Waals surface area contributed by atoms with Crippen molar-refractivity contribution in [2.45, 2.75) is 44.6 Å². The highest BCUT2D eigenvalue weighted by molar-refractivity contribution is 7.99. The molecule has 1 amide bonds. The highest BCUT2D eigenvalue weighted by Crippen LogP contribution is 2.24. The van der Waals surface area contributed by atoms with Crippen molar-refractivity contribution in [1.29, 1.82) is 0 Å². The number of carbonyl (C=O) groups is 1. The zero-order chi connectivity index (χ0) is 15.0. The van der Waals surface area contributed by atoms with Crippen LogP contribution in [-0.2, 0) is 10.5 Å². The summed E-state index contributed by atoms with van der Waals surface area (Å²) in [6, 6.07) is 6.14. The molecule has 3 nitrogen and oxygen atoms in total. The largest absolute Gasteiger partial charge is 0.326 e. The van der Waals surface area contributed by atoms with Crippen LogP contribution in [0.25, 0.3) is 0 Å². The maximum absolute atomic E-state index is 11.9. The third-order valence-corrected chi connectivity index (χ3v) is 4.27. The summed E-state index contributed by atoms with van der Waals surface area (Å²) in [5, 5.41) is 6.69. The minimum atomic E-state index is 0. The van der Waals surface area contributed by atoms with Gasteiger partial charge in [-0.3, -0.25) is 4.79 Å². The predicted molar refractivity (Wildman–Crippen MR) is 96.6 cm³/mol. The molecule has 0 saturated heterocycles. The molecule has 0 aliphatic heterocycles. The van der Waals surface area contributed by atoms with Gasteiger partial charge in [0.25, 0.3) is 0 Å². The molecule has 0 spiro atoms. The van der Waals surface area contributed by atoms with Gasteiger partial charge in [0.05, 0.1) is 0 Å². The first-order valence-corrected chi connectivity index (χ1v) is 8.24. The second-order valence-electron chi connectivity index (χ2n) is 5.20. The van der Waals surface area contributed by atoms with E-state index in [0.717, 1.165) is 24.4 Å². The Morgan fingerprint density at radius 3 is 2.67 bits per heavy atom. The van der Waals surface area contributed by atoms with Gasteiger partial charge in [0.1, 0.15) is 0 Å². The summed E-state index contributed by atoms with van der Waals surface area (Å²) >= 11 is 1.92.